The number of carbonyl (C=O) groups is 2. The molecule has 1 aliphatic heterocycles. The Hall–Kier alpha value is -4.13. The zero-order valence-electron chi connectivity index (χ0n) is 21.3. The molecule has 2 aromatic carbocycles. The smallest absolute Gasteiger partial charge is 0.489 e. The second-order valence-electron chi connectivity index (χ2n) is 9.22. The molecule has 13 heteroatoms. The summed E-state index contributed by atoms with van der Waals surface area (Å²) in [6, 6.07) is 10.6. The first-order chi connectivity index (χ1) is 18.8. The van der Waals surface area contributed by atoms with Crippen LogP contribution in [-0.4, -0.2) is 56.3 Å². The molecule has 0 fully saturated rings. The number of carboxylic acids is 2. The van der Waals surface area contributed by atoms with Crippen molar-refractivity contribution in [3.8, 4) is 17.1 Å². The largest absolute Gasteiger partial charge is 0.490 e. The summed E-state index contributed by atoms with van der Waals surface area (Å²) in [6.45, 7) is 4.17. The van der Waals surface area contributed by atoms with Crippen molar-refractivity contribution in [1.82, 2.24) is 14.9 Å². The van der Waals surface area contributed by atoms with Crippen molar-refractivity contribution in [2.75, 3.05) is 13.1 Å². The summed E-state index contributed by atoms with van der Waals surface area (Å²) < 4.78 is 65.4. The Bertz CT molecular complexity index is 1350. The van der Waals surface area contributed by atoms with Crippen LogP contribution in [0.4, 0.5) is 22.0 Å². The molecule has 1 aliphatic rings. The molecule has 1 atom stereocenters. The molecule has 214 valence electrons. The molecule has 0 bridgehead atoms. The maximum Gasteiger partial charge on any atom is 0.490 e. The third-order valence-corrected chi connectivity index (χ3v) is 5.82. The number of aliphatic carboxylic acids is 2. The fourth-order valence-corrected chi connectivity index (χ4v) is 4.02. The van der Waals surface area contributed by atoms with Crippen molar-refractivity contribution in [3.05, 3.63) is 77.1 Å². The van der Waals surface area contributed by atoms with E-state index in [1.54, 1.807) is 30.5 Å². The summed E-state index contributed by atoms with van der Waals surface area (Å²) in [6.07, 6.45) is -2.53. The molecule has 0 spiro atoms. The van der Waals surface area contributed by atoms with Crippen molar-refractivity contribution in [2.24, 2.45) is 5.92 Å². The molecule has 0 radical (unpaired) electrons. The highest BCUT2D eigenvalue weighted by molar-refractivity contribution is 5.73. The number of aromatic nitrogens is 2. The quantitative estimate of drug-likeness (QED) is 0.362. The Morgan fingerprint density at radius 2 is 1.85 bits per heavy atom. The van der Waals surface area contributed by atoms with Gasteiger partial charge in [-0.2, -0.15) is 13.2 Å². The molecule has 0 saturated heterocycles. The van der Waals surface area contributed by atoms with E-state index in [1.807, 2.05) is 6.92 Å². The van der Waals surface area contributed by atoms with E-state index in [9.17, 15) is 26.7 Å². The number of halogens is 5. The van der Waals surface area contributed by atoms with Crippen LogP contribution in [0, 0.1) is 17.6 Å². The zero-order valence-corrected chi connectivity index (χ0v) is 21.3. The van der Waals surface area contributed by atoms with Gasteiger partial charge in [-0.1, -0.05) is 19.1 Å². The van der Waals surface area contributed by atoms with Gasteiger partial charge in [-0.05, 0) is 35.7 Å². The van der Waals surface area contributed by atoms with E-state index in [0.717, 1.165) is 17.8 Å². The fourth-order valence-electron chi connectivity index (χ4n) is 4.02. The lowest BCUT2D eigenvalue weighted by atomic mass is 10.0. The van der Waals surface area contributed by atoms with Crippen LogP contribution in [0.25, 0.3) is 11.4 Å². The number of hydrogen-bond donors (Lipinski definition) is 2. The van der Waals surface area contributed by atoms with Crippen molar-refractivity contribution in [1.29, 1.82) is 0 Å². The van der Waals surface area contributed by atoms with Gasteiger partial charge in [0, 0.05) is 50.3 Å². The second-order valence-corrected chi connectivity index (χ2v) is 9.22. The van der Waals surface area contributed by atoms with E-state index in [-0.39, 0.29) is 30.3 Å². The maximum atomic E-state index is 14.8. The van der Waals surface area contributed by atoms with Gasteiger partial charge >= 0.3 is 18.1 Å². The first-order valence-electron chi connectivity index (χ1n) is 12.1. The van der Waals surface area contributed by atoms with Crippen molar-refractivity contribution in [3.63, 3.8) is 0 Å². The van der Waals surface area contributed by atoms with E-state index in [2.05, 4.69) is 14.9 Å². The number of carboxylic acid groups (broad SMARTS) is 2. The second kappa shape index (κ2) is 13.3. The minimum atomic E-state index is -5.08. The maximum absolute atomic E-state index is 14.8. The minimum absolute atomic E-state index is 0.0555. The molecular weight excluding hydrogens is 541 g/mol. The van der Waals surface area contributed by atoms with Gasteiger partial charge in [0.15, 0.2) is 5.82 Å². The average Bonchev–Trinajstić information content (AvgIpc) is 2.86. The standard InChI is InChI=1S/C25H25F2N3O3.C2HF3O2/c1-16(9-24(31)32)13-30-8-7-23-18(14-30)12-28-25(29-23)21-6-5-20(11-22(21)27)33-15-17-3-2-4-19(26)10-17;3-2(4,5)1(6)7/h2-6,10-12,16H,7-9,13-15H2,1H3,(H,31,32);(H,6,7). The molecule has 2 heterocycles. The molecule has 1 unspecified atom stereocenters. The van der Waals surface area contributed by atoms with Crippen LogP contribution in [0.15, 0.2) is 48.7 Å². The third kappa shape index (κ3) is 8.97. The minimum Gasteiger partial charge on any atom is -0.489 e. The number of ether oxygens (including phenoxy) is 1. The molecular formula is C27H26F5N3O5. The van der Waals surface area contributed by atoms with Gasteiger partial charge < -0.3 is 14.9 Å². The van der Waals surface area contributed by atoms with Crippen LogP contribution in [0.1, 0.15) is 30.2 Å². The van der Waals surface area contributed by atoms with Crippen LogP contribution in [0.5, 0.6) is 5.75 Å². The summed E-state index contributed by atoms with van der Waals surface area (Å²) in [5.74, 6) is -3.68. The number of alkyl halides is 3. The number of fused-ring (bicyclic) bond motifs is 1. The summed E-state index contributed by atoms with van der Waals surface area (Å²) >= 11 is 0. The average molecular weight is 568 g/mol. The monoisotopic (exact) mass is 567 g/mol. The SMILES string of the molecule is CC(CC(=O)O)CN1CCc2nc(-c3ccc(OCc4cccc(F)c4)cc3F)ncc2C1.O=C(O)C(F)(F)F. The van der Waals surface area contributed by atoms with Crippen LogP contribution in [-0.2, 0) is 29.2 Å². The van der Waals surface area contributed by atoms with E-state index in [1.165, 1.54) is 18.2 Å². The third-order valence-electron chi connectivity index (χ3n) is 5.82. The molecule has 0 amide bonds. The Labute approximate surface area is 226 Å². The summed E-state index contributed by atoms with van der Waals surface area (Å²) in [7, 11) is 0. The molecule has 0 aliphatic carbocycles. The normalized spacial score (nSPS) is 13.9. The number of hydrogen-bond acceptors (Lipinski definition) is 6. The van der Waals surface area contributed by atoms with Crippen molar-refractivity contribution in [2.45, 2.75) is 39.1 Å². The van der Waals surface area contributed by atoms with Gasteiger partial charge in [0.25, 0.3) is 0 Å². The topological polar surface area (TPSA) is 113 Å². The first-order valence-corrected chi connectivity index (χ1v) is 12.1. The molecule has 2 N–H and O–H groups in total. The van der Waals surface area contributed by atoms with Crippen LogP contribution in [0.3, 0.4) is 0 Å². The number of benzene rings is 2. The molecule has 40 heavy (non-hydrogen) atoms. The Balaban J connectivity index is 0.000000559. The summed E-state index contributed by atoms with van der Waals surface area (Å²) in [4.78, 5) is 30.9. The van der Waals surface area contributed by atoms with Crippen molar-refractivity contribution < 1.29 is 46.5 Å². The zero-order chi connectivity index (χ0) is 29.4. The first kappa shape index (κ1) is 30.4. The molecule has 8 nitrogen and oxygen atoms in total. The molecule has 4 rings (SSSR count). The highest BCUT2D eigenvalue weighted by atomic mass is 19.4. The van der Waals surface area contributed by atoms with Gasteiger partial charge in [0.2, 0.25) is 0 Å². The van der Waals surface area contributed by atoms with Crippen molar-refractivity contribution >= 4 is 11.9 Å². The lowest BCUT2D eigenvalue weighted by molar-refractivity contribution is -0.192. The lowest BCUT2D eigenvalue weighted by Gasteiger charge is -2.29. The van der Waals surface area contributed by atoms with Gasteiger partial charge in [-0.15, -0.1) is 0 Å². The van der Waals surface area contributed by atoms with E-state index in [0.29, 0.717) is 36.6 Å². The molecule has 0 saturated carbocycles. The Kier molecular flexibility index (Phi) is 10.1. The lowest BCUT2D eigenvalue weighted by Crippen LogP contribution is -2.35. The molecule has 1 aromatic heterocycles. The number of nitrogens with zero attached hydrogens (tertiary/aromatic N) is 3. The predicted octanol–water partition coefficient (Wildman–Crippen LogP) is 5.10. The summed E-state index contributed by atoms with van der Waals surface area (Å²) in [5.41, 5.74) is 2.80. The van der Waals surface area contributed by atoms with E-state index >= 15 is 0 Å². The Morgan fingerprint density at radius 1 is 1.12 bits per heavy atom. The predicted molar refractivity (Wildman–Crippen MR) is 132 cm³/mol. The van der Waals surface area contributed by atoms with Gasteiger partial charge in [-0.3, -0.25) is 9.69 Å². The van der Waals surface area contributed by atoms with Crippen LogP contribution >= 0.6 is 0 Å². The highest BCUT2D eigenvalue weighted by Gasteiger charge is 2.38. The Morgan fingerprint density at radius 3 is 2.48 bits per heavy atom. The highest BCUT2D eigenvalue weighted by Crippen LogP contribution is 2.27. The van der Waals surface area contributed by atoms with E-state index < -0.39 is 23.9 Å². The molecule has 3 aromatic rings. The van der Waals surface area contributed by atoms with Crippen LogP contribution in [0.2, 0.25) is 0 Å². The number of rotatable bonds is 8. The van der Waals surface area contributed by atoms with Gasteiger partial charge in [0.05, 0.1) is 11.3 Å². The van der Waals surface area contributed by atoms with Crippen LogP contribution < -0.4 is 4.74 Å². The van der Waals surface area contributed by atoms with Gasteiger partial charge in [0.1, 0.15) is 24.0 Å². The summed E-state index contributed by atoms with van der Waals surface area (Å²) in [5, 5.41) is 16.1. The van der Waals surface area contributed by atoms with Gasteiger partial charge in [-0.25, -0.2) is 23.5 Å². The fraction of sp³-hybridized carbons (Fsp3) is 0.333. The van der Waals surface area contributed by atoms with E-state index in [4.69, 9.17) is 19.7 Å².